The Labute approximate surface area is 104 Å². The molecule has 92 valence electrons. The molecule has 1 aromatic carbocycles. The number of methoxy groups -OCH3 is 1. The molecule has 0 saturated carbocycles. The van der Waals surface area contributed by atoms with Crippen molar-refractivity contribution in [2.24, 2.45) is 0 Å². The third-order valence-electron chi connectivity index (χ3n) is 2.31. The molecule has 2 aromatic rings. The van der Waals surface area contributed by atoms with Gasteiger partial charge in [0.05, 0.1) is 24.6 Å². The first-order valence-corrected chi connectivity index (χ1v) is 5.21. The minimum atomic E-state index is -0.372. The van der Waals surface area contributed by atoms with E-state index in [4.69, 9.17) is 5.73 Å². The van der Waals surface area contributed by atoms with Crippen molar-refractivity contribution < 1.29 is 9.53 Å². The Kier molecular flexibility index (Phi) is 3.38. The third-order valence-corrected chi connectivity index (χ3v) is 2.31. The minimum absolute atomic E-state index is 0.372. The first-order chi connectivity index (χ1) is 8.70. The highest BCUT2D eigenvalue weighted by atomic mass is 16.5. The van der Waals surface area contributed by atoms with Crippen LogP contribution in [0.5, 0.6) is 0 Å². The molecular formula is C12H12N4O2. The molecule has 0 unspecified atom stereocenters. The lowest BCUT2D eigenvalue weighted by molar-refractivity contribution is 0.0601. The zero-order valence-corrected chi connectivity index (χ0v) is 9.75. The lowest BCUT2D eigenvalue weighted by Gasteiger charge is -2.07. The number of nitrogens with one attached hydrogen (secondary N) is 1. The second kappa shape index (κ2) is 5.13. The molecule has 0 spiro atoms. The monoisotopic (exact) mass is 244 g/mol. The largest absolute Gasteiger partial charge is 0.465 e. The van der Waals surface area contributed by atoms with Crippen LogP contribution in [0.1, 0.15) is 10.4 Å². The molecule has 2 rings (SSSR count). The third kappa shape index (κ3) is 2.54. The van der Waals surface area contributed by atoms with E-state index in [0.717, 1.165) is 5.69 Å². The number of rotatable bonds is 3. The molecular weight excluding hydrogens is 232 g/mol. The molecule has 1 aromatic heterocycles. The van der Waals surface area contributed by atoms with E-state index in [-0.39, 0.29) is 5.97 Å². The number of nitrogen functional groups attached to an aromatic ring is 1. The lowest BCUT2D eigenvalue weighted by Crippen LogP contribution is -2.02. The van der Waals surface area contributed by atoms with Crippen molar-refractivity contribution >= 4 is 23.2 Å². The van der Waals surface area contributed by atoms with E-state index >= 15 is 0 Å². The molecule has 0 atom stereocenters. The van der Waals surface area contributed by atoms with Crippen molar-refractivity contribution in [2.45, 2.75) is 0 Å². The van der Waals surface area contributed by atoms with Crippen LogP contribution in [0, 0.1) is 0 Å². The average Bonchev–Trinajstić information content (AvgIpc) is 2.41. The fourth-order valence-corrected chi connectivity index (χ4v) is 1.39. The molecule has 0 radical (unpaired) electrons. The highest BCUT2D eigenvalue weighted by Gasteiger charge is 2.05. The summed E-state index contributed by atoms with van der Waals surface area (Å²) in [5.74, 6) is 0.152. The van der Waals surface area contributed by atoms with Gasteiger partial charge in [0.1, 0.15) is 6.33 Å². The molecule has 0 saturated heterocycles. The van der Waals surface area contributed by atoms with Crippen LogP contribution in [0.15, 0.2) is 36.8 Å². The average molecular weight is 244 g/mol. The molecule has 18 heavy (non-hydrogen) atoms. The maximum absolute atomic E-state index is 11.3. The van der Waals surface area contributed by atoms with Crippen LogP contribution in [-0.2, 0) is 4.74 Å². The number of ether oxygens (including phenoxy) is 1. The van der Waals surface area contributed by atoms with Crippen molar-refractivity contribution in [1.82, 2.24) is 9.97 Å². The van der Waals surface area contributed by atoms with Crippen molar-refractivity contribution in [2.75, 3.05) is 18.2 Å². The summed E-state index contributed by atoms with van der Waals surface area (Å²) in [6, 6.07) is 6.80. The highest BCUT2D eigenvalue weighted by Crippen LogP contribution is 2.19. The van der Waals surface area contributed by atoms with E-state index in [0.29, 0.717) is 17.1 Å². The summed E-state index contributed by atoms with van der Waals surface area (Å²) in [5.41, 5.74) is 7.42. The Hall–Kier alpha value is -2.63. The van der Waals surface area contributed by atoms with Crippen LogP contribution in [0.25, 0.3) is 0 Å². The number of anilines is 3. The molecule has 0 aliphatic heterocycles. The van der Waals surface area contributed by atoms with Crippen molar-refractivity contribution in [1.29, 1.82) is 0 Å². The number of nitrogens with two attached hydrogens (primary N) is 1. The fourth-order valence-electron chi connectivity index (χ4n) is 1.39. The highest BCUT2D eigenvalue weighted by molar-refractivity contribution is 5.89. The van der Waals surface area contributed by atoms with Gasteiger partial charge < -0.3 is 15.8 Å². The molecule has 0 bridgehead atoms. The van der Waals surface area contributed by atoms with Gasteiger partial charge in [0.2, 0.25) is 0 Å². The van der Waals surface area contributed by atoms with E-state index in [1.54, 1.807) is 24.3 Å². The van der Waals surface area contributed by atoms with Gasteiger partial charge in [-0.15, -0.1) is 0 Å². The second-order valence-electron chi connectivity index (χ2n) is 3.52. The zero-order chi connectivity index (χ0) is 13.0. The molecule has 6 nitrogen and oxygen atoms in total. The molecule has 0 aliphatic rings. The first-order valence-electron chi connectivity index (χ1n) is 5.21. The Bertz CT molecular complexity index is 554. The molecule has 6 heteroatoms. The molecule has 0 amide bonds. The maximum Gasteiger partial charge on any atom is 0.337 e. The number of hydrogen-bond acceptors (Lipinski definition) is 6. The zero-order valence-electron chi connectivity index (χ0n) is 9.75. The summed E-state index contributed by atoms with van der Waals surface area (Å²) in [6.45, 7) is 0. The summed E-state index contributed by atoms with van der Waals surface area (Å²) in [4.78, 5) is 19.1. The van der Waals surface area contributed by atoms with Crippen LogP contribution in [0.4, 0.5) is 17.2 Å². The van der Waals surface area contributed by atoms with Crippen LogP contribution in [-0.4, -0.2) is 23.0 Å². The van der Waals surface area contributed by atoms with Gasteiger partial charge in [0, 0.05) is 5.69 Å². The van der Waals surface area contributed by atoms with E-state index in [1.807, 2.05) is 0 Å². The number of carbonyl (C=O) groups excluding carboxylic acids is 1. The van der Waals surface area contributed by atoms with Gasteiger partial charge in [-0.3, -0.25) is 0 Å². The standard InChI is InChI=1S/C12H12N4O2/c1-18-12(17)8-2-4-9(5-3-8)16-11-10(13)6-14-7-15-11/h2-7H,13H2,1H3,(H,14,15,16). The van der Waals surface area contributed by atoms with Gasteiger partial charge in [-0.1, -0.05) is 0 Å². The van der Waals surface area contributed by atoms with Gasteiger partial charge in [0.15, 0.2) is 5.82 Å². The van der Waals surface area contributed by atoms with Crippen LogP contribution in [0.2, 0.25) is 0 Å². The molecule has 3 N–H and O–H groups in total. The Morgan fingerprint density at radius 3 is 2.67 bits per heavy atom. The summed E-state index contributed by atoms with van der Waals surface area (Å²) >= 11 is 0. The quantitative estimate of drug-likeness (QED) is 0.797. The smallest absolute Gasteiger partial charge is 0.337 e. The topological polar surface area (TPSA) is 90.1 Å². The number of nitrogens with zero attached hydrogens (tertiary/aromatic N) is 2. The first kappa shape index (κ1) is 11.8. The van der Waals surface area contributed by atoms with E-state index in [2.05, 4.69) is 20.0 Å². The van der Waals surface area contributed by atoms with Gasteiger partial charge in [-0.05, 0) is 24.3 Å². The normalized spacial score (nSPS) is 9.83. The second-order valence-corrected chi connectivity index (χ2v) is 3.52. The van der Waals surface area contributed by atoms with Gasteiger partial charge in [-0.25, -0.2) is 14.8 Å². The summed E-state index contributed by atoms with van der Waals surface area (Å²) in [7, 11) is 1.34. The van der Waals surface area contributed by atoms with E-state index < -0.39 is 0 Å². The van der Waals surface area contributed by atoms with E-state index in [9.17, 15) is 4.79 Å². The van der Waals surface area contributed by atoms with Crippen molar-refractivity contribution in [3.63, 3.8) is 0 Å². The van der Waals surface area contributed by atoms with E-state index in [1.165, 1.54) is 19.6 Å². The number of hydrogen-bond donors (Lipinski definition) is 2. The minimum Gasteiger partial charge on any atom is -0.465 e. The maximum atomic E-state index is 11.3. The number of benzene rings is 1. The van der Waals surface area contributed by atoms with Crippen LogP contribution >= 0.6 is 0 Å². The van der Waals surface area contributed by atoms with Crippen molar-refractivity contribution in [3.8, 4) is 0 Å². The molecule has 1 heterocycles. The van der Waals surface area contributed by atoms with Crippen LogP contribution in [0.3, 0.4) is 0 Å². The Balaban J connectivity index is 2.16. The summed E-state index contributed by atoms with van der Waals surface area (Å²) < 4.78 is 4.61. The van der Waals surface area contributed by atoms with Gasteiger partial charge in [0.25, 0.3) is 0 Å². The fraction of sp³-hybridized carbons (Fsp3) is 0.0833. The molecule has 0 fully saturated rings. The SMILES string of the molecule is COC(=O)c1ccc(Nc2ncncc2N)cc1. The van der Waals surface area contributed by atoms with Crippen LogP contribution < -0.4 is 11.1 Å². The summed E-state index contributed by atoms with van der Waals surface area (Å²) in [5, 5.41) is 3.03. The van der Waals surface area contributed by atoms with Crippen molar-refractivity contribution in [3.05, 3.63) is 42.4 Å². The van der Waals surface area contributed by atoms with Gasteiger partial charge in [-0.2, -0.15) is 0 Å². The predicted molar refractivity (Wildman–Crippen MR) is 67.5 cm³/mol. The number of aromatic nitrogens is 2. The summed E-state index contributed by atoms with van der Waals surface area (Å²) in [6.07, 6.45) is 2.92. The Morgan fingerprint density at radius 2 is 2.06 bits per heavy atom. The molecule has 0 aliphatic carbocycles. The number of esters is 1. The predicted octanol–water partition coefficient (Wildman–Crippen LogP) is 1.59. The van der Waals surface area contributed by atoms with Gasteiger partial charge >= 0.3 is 5.97 Å². The number of carbonyl (C=O) groups is 1. The Morgan fingerprint density at radius 1 is 1.33 bits per heavy atom. The lowest BCUT2D eigenvalue weighted by atomic mass is 10.2.